The summed E-state index contributed by atoms with van der Waals surface area (Å²) in [4.78, 5) is 0. The van der Waals surface area contributed by atoms with Crippen LogP contribution < -0.4 is 0 Å². The molecule has 0 spiro atoms. The van der Waals surface area contributed by atoms with Gasteiger partial charge in [-0.05, 0) is 33.1 Å². The zero-order valence-corrected chi connectivity index (χ0v) is 7.88. The molecule has 0 aliphatic carbocycles. The summed E-state index contributed by atoms with van der Waals surface area (Å²) in [6.45, 7) is 4.55. The maximum Gasteiger partial charge on any atom is 0.158 e. The molecule has 1 heterocycles. The Morgan fingerprint density at radius 3 is 2.75 bits per heavy atom. The van der Waals surface area contributed by atoms with Crippen molar-refractivity contribution in [2.24, 2.45) is 0 Å². The number of hydrogen-bond acceptors (Lipinski definition) is 3. The Morgan fingerprint density at radius 1 is 1.50 bits per heavy atom. The highest BCUT2D eigenvalue weighted by Crippen LogP contribution is 2.19. The first-order valence-corrected chi connectivity index (χ1v) is 4.54. The monoisotopic (exact) mass is 174 g/mol. The highest BCUT2D eigenvalue weighted by molar-refractivity contribution is 4.68. The van der Waals surface area contributed by atoms with E-state index in [0.29, 0.717) is 0 Å². The average molecular weight is 174 g/mol. The molecule has 1 saturated heterocycles. The lowest BCUT2D eigenvalue weighted by Crippen LogP contribution is -2.36. The van der Waals surface area contributed by atoms with Gasteiger partial charge in [0.1, 0.15) is 0 Å². The van der Waals surface area contributed by atoms with Crippen molar-refractivity contribution in [3.05, 3.63) is 0 Å². The molecule has 72 valence electrons. The topological polar surface area (TPSA) is 38.7 Å². The Morgan fingerprint density at radius 2 is 2.25 bits per heavy atom. The molecule has 3 heteroatoms. The number of ether oxygens (including phenoxy) is 2. The fourth-order valence-corrected chi connectivity index (χ4v) is 1.20. The minimum Gasteiger partial charge on any atom is -0.393 e. The van der Waals surface area contributed by atoms with Crippen LogP contribution in [0.1, 0.15) is 33.1 Å². The summed E-state index contributed by atoms with van der Waals surface area (Å²) in [6.07, 6.45) is 3.12. The molecule has 0 amide bonds. The Hall–Kier alpha value is -0.120. The SMILES string of the molecule is CC(C)(CO)OC1CCCCO1. The van der Waals surface area contributed by atoms with E-state index >= 15 is 0 Å². The molecule has 1 atom stereocenters. The lowest BCUT2D eigenvalue weighted by atomic mass is 10.1. The molecule has 1 fully saturated rings. The quantitative estimate of drug-likeness (QED) is 0.701. The van der Waals surface area contributed by atoms with Crippen LogP contribution >= 0.6 is 0 Å². The Labute approximate surface area is 73.7 Å². The molecule has 0 radical (unpaired) electrons. The van der Waals surface area contributed by atoms with E-state index in [1.165, 1.54) is 0 Å². The molecule has 0 bridgehead atoms. The van der Waals surface area contributed by atoms with Gasteiger partial charge in [0.25, 0.3) is 0 Å². The first kappa shape index (κ1) is 9.96. The standard InChI is InChI=1S/C9H18O3/c1-9(2,7-10)12-8-5-3-4-6-11-8/h8,10H,3-7H2,1-2H3. The molecule has 1 aliphatic heterocycles. The van der Waals surface area contributed by atoms with Crippen molar-refractivity contribution in [1.29, 1.82) is 0 Å². The van der Waals surface area contributed by atoms with Gasteiger partial charge in [0, 0.05) is 6.61 Å². The van der Waals surface area contributed by atoms with Crippen LogP contribution in [-0.4, -0.2) is 30.2 Å². The third-order valence-electron chi connectivity index (χ3n) is 1.97. The van der Waals surface area contributed by atoms with E-state index in [1.807, 2.05) is 13.8 Å². The van der Waals surface area contributed by atoms with Crippen molar-refractivity contribution in [2.75, 3.05) is 13.2 Å². The van der Waals surface area contributed by atoms with Gasteiger partial charge in [0.15, 0.2) is 6.29 Å². The van der Waals surface area contributed by atoms with Gasteiger partial charge in [-0.1, -0.05) is 0 Å². The third kappa shape index (κ3) is 3.09. The average Bonchev–Trinajstić information content (AvgIpc) is 2.06. The molecule has 1 N–H and O–H groups in total. The zero-order chi connectivity index (χ0) is 9.03. The van der Waals surface area contributed by atoms with Gasteiger partial charge >= 0.3 is 0 Å². The minimum absolute atomic E-state index is 0.0346. The summed E-state index contributed by atoms with van der Waals surface area (Å²) in [5.41, 5.74) is -0.470. The molecule has 0 saturated carbocycles. The van der Waals surface area contributed by atoms with Crippen LogP contribution in [0.15, 0.2) is 0 Å². The minimum atomic E-state index is -0.470. The van der Waals surface area contributed by atoms with E-state index in [4.69, 9.17) is 14.6 Å². The maximum absolute atomic E-state index is 8.94. The molecule has 1 rings (SSSR count). The molecule has 0 aromatic heterocycles. The van der Waals surface area contributed by atoms with Crippen LogP contribution in [0, 0.1) is 0 Å². The molecular weight excluding hydrogens is 156 g/mol. The lowest BCUT2D eigenvalue weighted by molar-refractivity contribution is -0.223. The van der Waals surface area contributed by atoms with E-state index in [1.54, 1.807) is 0 Å². The largest absolute Gasteiger partial charge is 0.393 e. The van der Waals surface area contributed by atoms with Gasteiger partial charge in [0.05, 0.1) is 12.2 Å². The van der Waals surface area contributed by atoms with E-state index in [0.717, 1.165) is 25.9 Å². The molecular formula is C9H18O3. The van der Waals surface area contributed by atoms with Crippen LogP contribution in [0.4, 0.5) is 0 Å². The van der Waals surface area contributed by atoms with E-state index < -0.39 is 5.60 Å². The van der Waals surface area contributed by atoms with E-state index in [9.17, 15) is 0 Å². The number of aliphatic hydroxyl groups excluding tert-OH is 1. The molecule has 0 aromatic carbocycles. The van der Waals surface area contributed by atoms with Crippen molar-refractivity contribution in [3.8, 4) is 0 Å². The second kappa shape index (κ2) is 4.21. The first-order valence-electron chi connectivity index (χ1n) is 4.54. The van der Waals surface area contributed by atoms with Crippen molar-refractivity contribution in [2.45, 2.75) is 45.0 Å². The molecule has 12 heavy (non-hydrogen) atoms. The maximum atomic E-state index is 8.94. The van der Waals surface area contributed by atoms with Crippen LogP contribution in [0.5, 0.6) is 0 Å². The predicted molar refractivity (Wildman–Crippen MR) is 45.8 cm³/mol. The molecule has 1 aliphatic rings. The summed E-state index contributed by atoms with van der Waals surface area (Å²) in [5, 5.41) is 8.94. The highest BCUT2D eigenvalue weighted by Gasteiger charge is 2.24. The normalized spacial score (nSPS) is 25.8. The lowest BCUT2D eigenvalue weighted by Gasteiger charge is -2.31. The van der Waals surface area contributed by atoms with Crippen molar-refractivity contribution >= 4 is 0 Å². The van der Waals surface area contributed by atoms with Crippen LogP contribution in [0.3, 0.4) is 0 Å². The van der Waals surface area contributed by atoms with E-state index in [2.05, 4.69) is 0 Å². The molecule has 3 nitrogen and oxygen atoms in total. The van der Waals surface area contributed by atoms with Gasteiger partial charge < -0.3 is 14.6 Å². The predicted octanol–water partition coefficient (Wildman–Crippen LogP) is 1.30. The number of aliphatic hydroxyl groups is 1. The molecule has 0 aromatic rings. The van der Waals surface area contributed by atoms with Crippen molar-refractivity contribution < 1.29 is 14.6 Å². The zero-order valence-electron chi connectivity index (χ0n) is 7.88. The summed E-state index contributed by atoms with van der Waals surface area (Å²) >= 11 is 0. The van der Waals surface area contributed by atoms with Crippen LogP contribution in [0.2, 0.25) is 0 Å². The molecule has 1 unspecified atom stereocenters. The summed E-state index contributed by atoms with van der Waals surface area (Å²) in [6, 6.07) is 0. The van der Waals surface area contributed by atoms with Crippen molar-refractivity contribution in [1.82, 2.24) is 0 Å². The van der Waals surface area contributed by atoms with Gasteiger partial charge in [-0.25, -0.2) is 0 Å². The summed E-state index contributed by atoms with van der Waals surface area (Å²) < 4.78 is 10.9. The van der Waals surface area contributed by atoms with Crippen LogP contribution in [0.25, 0.3) is 0 Å². The van der Waals surface area contributed by atoms with Crippen LogP contribution in [-0.2, 0) is 9.47 Å². The Bertz CT molecular complexity index is 128. The highest BCUT2D eigenvalue weighted by atomic mass is 16.7. The fraction of sp³-hybridized carbons (Fsp3) is 1.00. The number of hydrogen-bond donors (Lipinski definition) is 1. The summed E-state index contributed by atoms with van der Waals surface area (Å²) in [5.74, 6) is 0. The smallest absolute Gasteiger partial charge is 0.158 e. The first-order chi connectivity index (χ1) is 5.64. The Balaban J connectivity index is 2.28. The second-order valence-corrected chi connectivity index (χ2v) is 3.83. The van der Waals surface area contributed by atoms with Gasteiger partial charge in [0.2, 0.25) is 0 Å². The van der Waals surface area contributed by atoms with Gasteiger partial charge in [-0.15, -0.1) is 0 Å². The second-order valence-electron chi connectivity index (χ2n) is 3.83. The van der Waals surface area contributed by atoms with Gasteiger partial charge in [-0.3, -0.25) is 0 Å². The number of rotatable bonds is 3. The third-order valence-corrected chi connectivity index (χ3v) is 1.97. The van der Waals surface area contributed by atoms with Gasteiger partial charge in [-0.2, -0.15) is 0 Å². The Kier molecular flexibility index (Phi) is 3.50. The van der Waals surface area contributed by atoms with E-state index in [-0.39, 0.29) is 12.9 Å². The van der Waals surface area contributed by atoms with Crippen molar-refractivity contribution in [3.63, 3.8) is 0 Å². The fourth-order valence-electron chi connectivity index (χ4n) is 1.20. The summed E-state index contributed by atoms with van der Waals surface area (Å²) in [7, 11) is 0.